The first kappa shape index (κ1) is 13.4. The number of carbonyl (C=O) groups is 1. The molecule has 1 aromatic carbocycles. The molecule has 4 heteroatoms. The third kappa shape index (κ3) is 2.40. The molecule has 2 heterocycles. The van der Waals surface area contributed by atoms with Gasteiger partial charge in [0.15, 0.2) is 0 Å². The summed E-state index contributed by atoms with van der Waals surface area (Å²) in [4.78, 5) is 19.3. The number of amides is 1. The van der Waals surface area contributed by atoms with Gasteiger partial charge in [-0.25, -0.2) is 4.98 Å². The predicted molar refractivity (Wildman–Crippen MR) is 84.3 cm³/mol. The molecule has 1 amide bonds. The molecule has 3 rings (SSSR count). The monoisotopic (exact) mass is 279 g/mol. The summed E-state index contributed by atoms with van der Waals surface area (Å²) in [6, 6.07) is 11.7. The van der Waals surface area contributed by atoms with Crippen LogP contribution < -0.4 is 5.32 Å². The van der Waals surface area contributed by atoms with Crippen LogP contribution in [0.5, 0.6) is 0 Å². The van der Waals surface area contributed by atoms with Gasteiger partial charge in [-0.1, -0.05) is 19.1 Å². The first-order valence-corrected chi connectivity index (χ1v) is 7.02. The molecule has 0 aliphatic heterocycles. The zero-order valence-electron chi connectivity index (χ0n) is 12.1. The molecule has 106 valence electrons. The van der Waals surface area contributed by atoms with Gasteiger partial charge in [0.25, 0.3) is 5.91 Å². The van der Waals surface area contributed by atoms with Gasteiger partial charge in [0.1, 0.15) is 5.65 Å². The number of aromatic nitrogens is 2. The SMILES string of the molecule is CCc1ccnc2[nH]c(-c3ccc(C(=O)NC)cc3)cc12. The summed E-state index contributed by atoms with van der Waals surface area (Å²) >= 11 is 0. The Bertz CT molecular complexity index is 787. The van der Waals surface area contributed by atoms with E-state index in [1.807, 2.05) is 30.5 Å². The molecule has 0 atom stereocenters. The van der Waals surface area contributed by atoms with Crippen LogP contribution in [0.4, 0.5) is 0 Å². The number of hydrogen-bond acceptors (Lipinski definition) is 2. The predicted octanol–water partition coefficient (Wildman–Crippen LogP) is 3.15. The summed E-state index contributed by atoms with van der Waals surface area (Å²) < 4.78 is 0. The fourth-order valence-corrected chi connectivity index (χ4v) is 2.49. The summed E-state index contributed by atoms with van der Waals surface area (Å²) in [5.41, 5.74) is 4.90. The summed E-state index contributed by atoms with van der Waals surface area (Å²) in [6.45, 7) is 2.14. The Morgan fingerprint density at radius 3 is 2.67 bits per heavy atom. The minimum atomic E-state index is -0.0758. The van der Waals surface area contributed by atoms with Gasteiger partial charge >= 0.3 is 0 Å². The van der Waals surface area contributed by atoms with E-state index in [0.717, 1.165) is 28.7 Å². The zero-order valence-corrected chi connectivity index (χ0v) is 12.1. The van der Waals surface area contributed by atoms with Crippen LogP contribution in [0.15, 0.2) is 42.6 Å². The van der Waals surface area contributed by atoms with E-state index in [-0.39, 0.29) is 5.91 Å². The van der Waals surface area contributed by atoms with Gasteiger partial charge in [-0.05, 0) is 41.8 Å². The fraction of sp³-hybridized carbons (Fsp3) is 0.176. The van der Waals surface area contributed by atoms with E-state index >= 15 is 0 Å². The average molecular weight is 279 g/mol. The highest BCUT2D eigenvalue weighted by Crippen LogP contribution is 2.25. The first-order valence-electron chi connectivity index (χ1n) is 7.02. The number of nitrogens with one attached hydrogen (secondary N) is 2. The second-order valence-corrected chi connectivity index (χ2v) is 4.93. The molecular formula is C17H17N3O. The van der Waals surface area contributed by atoms with Crippen LogP contribution in [0.3, 0.4) is 0 Å². The van der Waals surface area contributed by atoms with Crippen molar-refractivity contribution in [3.05, 3.63) is 53.7 Å². The number of hydrogen-bond donors (Lipinski definition) is 2. The van der Waals surface area contributed by atoms with Crippen molar-refractivity contribution in [1.82, 2.24) is 15.3 Å². The second-order valence-electron chi connectivity index (χ2n) is 4.93. The molecule has 4 nitrogen and oxygen atoms in total. The Labute approximate surface area is 123 Å². The third-order valence-electron chi connectivity index (χ3n) is 3.69. The van der Waals surface area contributed by atoms with Gasteiger partial charge in [-0.2, -0.15) is 0 Å². The molecule has 0 saturated heterocycles. The molecule has 2 aromatic heterocycles. The molecule has 0 unspecified atom stereocenters. The number of H-pyrrole nitrogens is 1. The molecule has 0 spiro atoms. The third-order valence-corrected chi connectivity index (χ3v) is 3.69. The number of pyridine rings is 1. The maximum atomic E-state index is 11.6. The molecular weight excluding hydrogens is 262 g/mol. The Kier molecular flexibility index (Phi) is 3.44. The van der Waals surface area contributed by atoms with Crippen LogP contribution in [0.2, 0.25) is 0 Å². The molecule has 21 heavy (non-hydrogen) atoms. The highest BCUT2D eigenvalue weighted by Gasteiger charge is 2.08. The standard InChI is InChI=1S/C17H17N3O/c1-3-11-8-9-19-16-14(11)10-15(20-16)12-4-6-13(7-5-12)17(21)18-2/h4-10H,3H2,1-2H3,(H,18,21)(H,19,20). The van der Waals surface area contributed by atoms with E-state index in [2.05, 4.69) is 34.3 Å². The van der Waals surface area contributed by atoms with E-state index in [4.69, 9.17) is 0 Å². The van der Waals surface area contributed by atoms with Crippen molar-refractivity contribution < 1.29 is 4.79 Å². The van der Waals surface area contributed by atoms with Gasteiger partial charge in [-0.3, -0.25) is 4.79 Å². The Hall–Kier alpha value is -2.62. The van der Waals surface area contributed by atoms with Crippen molar-refractivity contribution in [1.29, 1.82) is 0 Å². The van der Waals surface area contributed by atoms with E-state index < -0.39 is 0 Å². The molecule has 0 aliphatic rings. The van der Waals surface area contributed by atoms with Crippen LogP contribution in [0.25, 0.3) is 22.3 Å². The molecule has 0 radical (unpaired) electrons. The van der Waals surface area contributed by atoms with Crippen LogP contribution in [-0.2, 0) is 6.42 Å². The lowest BCUT2D eigenvalue weighted by Gasteiger charge is -2.01. The van der Waals surface area contributed by atoms with Crippen molar-refractivity contribution >= 4 is 16.9 Å². The van der Waals surface area contributed by atoms with Gasteiger partial charge in [-0.15, -0.1) is 0 Å². The van der Waals surface area contributed by atoms with Crippen LogP contribution in [-0.4, -0.2) is 22.9 Å². The second kappa shape index (κ2) is 5.40. The molecule has 3 aromatic rings. The number of nitrogens with zero attached hydrogens (tertiary/aromatic N) is 1. The van der Waals surface area contributed by atoms with Crippen LogP contribution >= 0.6 is 0 Å². The first-order chi connectivity index (χ1) is 10.2. The van der Waals surface area contributed by atoms with Crippen LogP contribution in [0, 0.1) is 0 Å². The van der Waals surface area contributed by atoms with E-state index in [1.54, 1.807) is 7.05 Å². The minimum Gasteiger partial charge on any atom is -0.355 e. The van der Waals surface area contributed by atoms with E-state index in [0.29, 0.717) is 5.56 Å². The van der Waals surface area contributed by atoms with E-state index in [9.17, 15) is 4.79 Å². The molecule has 0 aliphatic carbocycles. The Morgan fingerprint density at radius 1 is 1.24 bits per heavy atom. The molecule has 2 N–H and O–H groups in total. The van der Waals surface area contributed by atoms with Crippen molar-refractivity contribution in [3.63, 3.8) is 0 Å². The zero-order chi connectivity index (χ0) is 14.8. The van der Waals surface area contributed by atoms with Gasteiger partial charge in [0.2, 0.25) is 0 Å². The lowest BCUT2D eigenvalue weighted by molar-refractivity contribution is 0.0963. The normalized spacial score (nSPS) is 10.8. The average Bonchev–Trinajstić information content (AvgIpc) is 2.98. The molecule has 0 fully saturated rings. The highest BCUT2D eigenvalue weighted by atomic mass is 16.1. The number of rotatable bonds is 3. The summed E-state index contributed by atoms with van der Waals surface area (Å²) in [7, 11) is 1.63. The molecule has 0 saturated carbocycles. The summed E-state index contributed by atoms with van der Waals surface area (Å²) in [6.07, 6.45) is 2.81. The topological polar surface area (TPSA) is 57.8 Å². The number of aromatic amines is 1. The molecule has 0 bridgehead atoms. The summed E-state index contributed by atoms with van der Waals surface area (Å²) in [5.74, 6) is -0.0758. The van der Waals surface area contributed by atoms with Gasteiger partial charge in [0, 0.05) is 29.9 Å². The number of fused-ring (bicyclic) bond motifs is 1. The summed E-state index contributed by atoms with van der Waals surface area (Å²) in [5, 5.41) is 3.78. The maximum absolute atomic E-state index is 11.6. The Balaban J connectivity index is 2.02. The van der Waals surface area contributed by atoms with Crippen molar-refractivity contribution in [3.8, 4) is 11.3 Å². The van der Waals surface area contributed by atoms with Crippen molar-refractivity contribution in [2.75, 3.05) is 7.05 Å². The van der Waals surface area contributed by atoms with Crippen molar-refractivity contribution in [2.45, 2.75) is 13.3 Å². The lowest BCUT2D eigenvalue weighted by atomic mass is 10.1. The van der Waals surface area contributed by atoms with Crippen LogP contribution in [0.1, 0.15) is 22.8 Å². The largest absolute Gasteiger partial charge is 0.355 e. The lowest BCUT2D eigenvalue weighted by Crippen LogP contribution is -2.17. The highest BCUT2D eigenvalue weighted by molar-refractivity contribution is 5.94. The quantitative estimate of drug-likeness (QED) is 0.773. The van der Waals surface area contributed by atoms with Gasteiger partial charge in [0.05, 0.1) is 0 Å². The smallest absolute Gasteiger partial charge is 0.251 e. The van der Waals surface area contributed by atoms with Crippen molar-refractivity contribution in [2.24, 2.45) is 0 Å². The van der Waals surface area contributed by atoms with Gasteiger partial charge < -0.3 is 10.3 Å². The fourth-order valence-electron chi connectivity index (χ4n) is 2.49. The number of aryl methyl sites for hydroxylation is 1. The van der Waals surface area contributed by atoms with E-state index in [1.165, 1.54) is 5.56 Å². The maximum Gasteiger partial charge on any atom is 0.251 e. The number of benzene rings is 1. The Morgan fingerprint density at radius 2 is 2.00 bits per heavy atom. The number of carbonyl (C=O) groups excluding carboxylic acids is 1. The minimum absolute atomic E-state index is 0.0758.